The predicted octanol–water partition coefficient (Wildman–Crippen LogP) is 3.02. The molecule has 0 saturated heterocycles. The topological polar surface area (TPSA) is 60.9 Å². The highest BCUT2D eigenvalue weighted by Gasteiger charge is 2.10. The van der Waals surface area contributed by atoms with Crippen LogP contribution in [0.15, 0.2) is 67.7 Å². The molecule has 0 aliphatic rings. The van der Waals surface area contributed by atoms with Gasteiger partial charge in [-0.3, -0.25) is 4.79 Å². The lowest BCUT2D eigenvalue weighted by Crippen LogP contribution is -2.30. The molecule has 3 aromatic rings. The van der Waals surface area contributed by atoms with Crippen LogP contribution in [0.3, 0.4) is 0 Å². The van der Waals surface area contributed by atoms with E-state index in [1.165, 1.54) is 11.8 Å². The van der Waals surface area contributed by atoms with Gasteiger partial charge in [-0.25, -0.2) is 0 Å². The van der Waals surface area contributed by atoms with E-state index in [4.69, 9.17) is 5.84 Å². The first kappa shape index (κ1) is 13.2. The van der Waals surface area contributed by atoms with Gasteiger partial charge in [-0.2, -0.15) is 0 Å². The molecule has 1 aromatic heterocycles. The summed E-state index contributed by atoms with van der Waals surface area (Å²) in [6.07, 6.45) is 0. The Kier molecular flexibility index (Phi) is 3.50. The van der Waals surface area contributed by atoms with Crippen LogP contribution >= 0.6 is 27.7 Å². The van der Waals surface area contributed by atoms with E-state index in [2.05, 4.69) is 21.0 Å². The summed E-state index contributed by atoms with van der Waals surface area (Å²) in [6, 6.07) is 15.2. The van der Waals surface area contributed by atoms with Gasteiger partial charge in [-0.05, 0) is 30.3 Å². The smallest absolute Gasteiger partial charge is 0.293 e. The van der Waals surface area contributed by atoms with E-state index in [9.17, 15) is 4.79 Å². The van der Waals surface area contributed by atoms with Crippen LogP contribution in [0.5, 0.6) is 0 Å². The Bertz CT molecular complexity index is 830. The van der Waals surface area contributed by atoms with Crippen LogP contribution in [0.2, 0.25) is 0 Å². The van der Waals surface area contributed by atoms with Crippen molar-refractivity contribution in [2.45, 2.75) is 9.92 Å². The third-order valence-electron chi connectivity index (χ3n) is 2.82. The van der Waals surface area contributed by atoms with Gasteiger partial charge in [-0.1, -0.05) is 45.9 Å². The molecule has 3 rings (SSSR count). The Hall–Kier alpha value is -1.79. The minimum Gasteiger partial charge on any atom is -0.320 e. The summed E-state index contributed by atoms with van der Waals surface area (Å²) in [5.41, 5.74) is -0.291. The number of fused-ring (bicyclic) bond motifs is 1. The Labute approximate surface area is 127 Å². The first-order valence-electron chi connectivity index (χ1n) is 5.86. The maximum Gasteiger partial charge on any atom is 0.293 e. The number of nitrogen functional groups attached to an aromatic ring is 1. The van der Waals surface area contributed by atoms with Crippen molar-refractivity contribution in [1.29, 1.82) is 0 Å². The second-order valence-electron chi connectivity index (χ2n) is 4.16. The molecule has 2 aromatic carbocycles. The molecule has 0 bridgehead atoms. The fourth-order valence-corrected chi connectivity index (χ4v) is 3.04. The molecule has 2 N–H and O–H groups in total. The van der Waals surface area contributed by atoms with Crippen LogP contribution < -0.4 is 11.4 Å². The predicted molar refractivity (Wildman–Crippen MR) is 84.4 cm³/mol. The number of nitrogens with zero attached hydrogens (tertiary/aromatic N) is 2. The summed E-state index contributed by atoms with van der Waals surface area (Å²) in [7, 11) is 0. The summed E-state index contributed by atoms with van der Waals surface area (Å²) in [5.74, 6) is 5.64. The van der Waals surface area contributed by atoms with Gasteiger partial charge in [0, 0.05) is 14.8 Å². The number of hydrogen-bond acceptors (Lipinski definition) is 4. The zero-order valence-electron chi connectivity index (χ0n) is 10.3. The second-order valence-corrected chi connectivity index (χ2v) is 6.13. The van der Waals surface area contributed by atoms with Gasteiger partial charge in [0.2, 0.25) is 0 Å². The third kappa shape index (κ3) is 2.44. The van der Waals surface area contributed by atoms with Gasteiger partial charge in [-0.15, -0.1) is 9.89 Å². The van der Waals surface area contributed by atoms with Crippen molar-refractivity contribution in [3.63, 3.8) is 0 Å². The highest BCUT2D eigenvalue weighted by Crippen LogP contribution is 2.30. The van der Waals surface area contributed by atoms with Crippen molar-refractivity contribution in [2.24, 2.45) is 0 Å². The highest BCUT2D eigenvalue weighted by atomic mass is 79.9. The Morgan fingerprint density at radius 3 is 2.40 bits per heavy atom. The van der Waals surface area contributed by atoms with Gasteiger partial charge in [0.25, 0.3) is 5.56 Å². The maximum absolute atomic E-state index is 11.9. The van der Waals surface area contributed by atoms with E-state index in [1.54, 1.807) is 6.07 Å². The van der Waals surface area contributed by atoms with Gasteiger partial charge in [0.1, 0.15) is 5.03 Å². The minimum atomic E-state index is -0.291. The molecular weight excluding hydrogens is 338 g/mol. The third-order valence-corrected chi connectivity index (χ3v) is 4.35. The lowest BCUT2D eigenvalue weighted by Gasteiger charge is -2.07. The highest BCUT2D eigenvalue weighted by molar-refractivity contribution is 9.10. The van der Waals surface area contributed by atoms with Crippen LogP contribution in [0.1, 0.15) is 0 Å². The zero-order chi connectivity index (χ0) is 14.1. The van der Waals surface area contributed by atoms with Crippen molar-refractivity contribution in [2.75, 3.05) is 5.84 Å². The number of benzene rings is 2. The summed E-state index contributed by atoms with van der Waals surface area (Å²) in [4.78, 5) is 13.9. The van der Waals surface area contributed by atoms with Crippen LogP contribution in [-0.4, -0.2) is 9.89 Å². The molecule has 0 amide bonds. The number of nitrogens with two attached hydrogens (primary N) is 1. The normalized spacial score (nSPS) is 10.8. The maximum atomic E-state index is 11.9. The van der Waals surface area contributed by atoms with Gasteiger partial charge in [0.15, 0.2) is 0 Å². The quantitative estimate of drug-likeness (QED) is 0.724. The van der Waals surface area contributed by atoms with E-state index in [1.807, 2.05) is 42.5 Å². The number of hydrogen-bond donors (Lipinski definition) is 1. The lowest BCUT2D eigenvalue weighted by molar-refractivity contribution is 0.733. The van der Waals surface area contributed by atoms with Crippen molar-refractivity contribution in [3.8, 4) is 0 Å². The van der Waals surface area contributed by atoms with Crippen molar-refractivity contribution >= 4 is 38.5 Å². The standard InChI is InChI=1S/C14H10BrN3OS/c15-9-5-7-10(8-6-9)20-13-11-3-1-2-4-12(11)14(19)18(16)17-13/h1-8H,16H2. The monoisotopic (exact) mass is 347 g/mol. The molecule has 0 unspecified atom stereocenters. The SMILES string of the molecule is Nn1nc(Sc2ccc(Br)cc2)c2ccccc2c1=O. The summed E-state index contributed by atoms with van der Waals surface area (Å²) in [5, 5.41) is 6.25. The number of rotatable bonds is 2. The average molecular weight is 348 g/mol. The number of aromatic nitrogens is 2. The largest absolute Gasteiger partial charge is 0.320 e. The zero-order valence-corrected chi connectivity index (χ0v) is 12.7. The van der Waals surface area contributed by atoms with Gasteiger partial charge in [0.05, 0.1) is 5.39 Å². The van der Waals surface area contributed by atoms with E-state index in [-0.39, 0.29) is 5.56 Å². The summed E-state index contributed by atoms with van der Waals surface area (Å²) >= 11 is 4.88. The van der Waals surface area contributed by atoms with E-state index < -0.39 is 0 Å². The van der Waals surface area contributed by atoms with Gasteiger partial charge < -0.3 is 5.84 Å². The Morgan fingerprint density at radius 2 is 1.70 bits per heavy atom. The molecule has 100 valence electrons. The molecule has 6 heteroatoms. The minimum absolute atomic E-state index is 0.291. The van der Waals surface area contributed by atoms with Crippen molar-refractivity contribution < 1.29 is 0 Å². The number of halogens is 1. The van der Waals surface area contributed by atoms with Crippen molar-refractivity contribution in [1.82, 2.24) is 9.89 Å². The summed E-state index contributed by atoms with van der Waals surface area (Å²) in [6.45, 7) is 0. The van der Waals surface area contributed by atoms with E-state index >= 15 is 0 Å². The summed E-state index contributed by atoms with van der Waals surface area (Å²) < 4.78 is 1.02. The molecule has 20 heavy (non-hydrogen) atoms. The molecule has 1 heterocycles. The second kappa shape index (κ2) is 5.30. The first-order chi connectivity index (χ1) is 9.65. The molecule has 4 nitrogen and oxygen atoms in total. The molecule has 0 aliphatic heterocycles. The molecule has 0 atom stereocenters. The van der Waals surface area contributed by atoms with Crippen LogP contribution in [0.25, 0.3) is 10.8 Å². The van der Waals surface area contributed by atoms with E-state index in [0.29, 0.717) is 10.4 Å². The fourth-order valence-electron chi connectivity index (χ4n) is 1.87. The van der Waals surface area contributed by atoms with Crippen LogP contribution in [0, 0.1) is 0 Å². The molecule has 0 fully saturated rings. The molecule has 0 spiro atoms. The molecule has 0 saturated carbocycles. The molecular formula is C14H10BrN3OS. The van der Waals surface area contributed by atoms with E-state index in [0.717, 1.165) is 19.5 Å². The fraction of sp³-hybridized carbons (Fsp3) is 0. The van der Waals surface area contributed by atoms with Crippen LogP contribution in [-0.2, 0) is 0 Å². The van der Waals surface area contributed by atoms with Crippen LogP contribution in [0.4, 0.5) is 0 Å². The van der Waals surface area contributed by atoms with Gasteiger partial charge >= 0.3 is 0 Å². The Balaban J connectivity index is 2.14. The molecule has 0 aliphatic carbocycles. The van der Waals surface area contributed by atoms with Crippen molar-refractivity contribution in [3.05, 3.63) is 63.4 Å². The molecule has 0 radical (unpaired) electrons. The lowest BCUT2D eigenvalue weighted by atomic mass is 10.2. The first-order valence-corrected chi connectivity index (χ1v) is 7.46. The average Bonchev–Trinajstić information content (AvgIpc) is 2.47. The Morgan fingerprint density at radius 1 is 1.05 bits per heavy atom.